The van der Waals surface area contributed by atoms with Gasteiger partial charge < -0.3 is 24.7 Å². The molecule has 0 bridgehead atoms. The van der Waals surface area contributed by atoms with E-state index in [2.05, 4.69) is 15.0 Å². The van der Waals surface area contributed by atoms with Gasteiger partial charge in [-0.05, 0) is 18.4 Å². The lowest BCUT2D eigenvalue weighted by Crippen LogP contribution is -2.15. The van der Waals surface area contributed by atoms with E-state index in [4.69, 9.17) is 24.7 Å². The molecule has 10 nitrogen and oxygen atoms in total. The van der Waals surface area contributed by atoms with Gasteiger partial charge in [-0.3, -0.25) is 4.57 Å². The van der Waals surface area contributed by atoms with Gasteiger partial charge in [0.05, 0.1) is 19.8 Å². The van der Waals surface area contributed by atoms with E-state index in [1.165, 1.54) is 0 Å². The van der Waals surface area contributed by atoms with Crippen molar-refractivity contribution in [3.05, 3.63) is 36.0 Å². The molecule has 0 aliphatic heterocycles. The molecule has 0 fully saturated rings. The standard InChI is InChI=1S/C21H27N5O5/c1-3-11-30-21(27)31-20-23-16-17(22)24-19(29-13-8-12-28-2)25-18(16)26(20)14-15-9-6-4-5-7-10-15/h4-7,9H,3,8,10-14H2,1-2H3,(H2,22,24,25). The molecule has 2 N–H and O–H groups in total. The number of hydrogen-bond acceptors (Lipinski definition) is 9. The van der Waals surface area contributed by atoms with Crippen LogP contribution >= 0.6 is 0 Å². The molecule has 0 aromatic carbocycles. The van der Waals surface area contributed by atoms with Crippen LogP contribution in [0.25, 0.3) is 11.2 Å². The van der Waals surface area contributed by atoms with Gasteiger partial charge in [0.15, 0.2) is 17.0 Å². The summed E-state index contributed by atoms with van der Waals surface area (Å²) < 4.78 is 22.7. The van der Waals surface area contributed by atoms with Crippen LogP contribution in [-0.2, 0) is 16.0 Å². The second-order valence-corrected chi connectivity index (χ2v) is 6.78. The van der Waals surface area contributed by atoms with Crippen LogP contribution in [0.1, 0.15) is 26.2 Å². The van der Waals surface area contributed by atoms with Crippen molar-refractivity contribution in [3.63, 3.8) is 0 Å². The SMILES string of the molecule is CCCOC(=O)Oc1nc2c(N)nc(OCCCOC)nc2n1CC1=CC=CC=CC1. The number of nitrogens with zero attached hydrogens (tertiary/aromatic N) is 4. The summed E-state index contributed by atoms with van der Waals surface area (Å²) in [4.78, 5) is 25.0. The zero-order chi connectivity index (χ0) is 22.1. The van der Waals surface area contributed by atoms with Crippen molar-refractivity contribution < 1.29 is 23.7 Å². The second kappa shape index (κ2) is 11.1. The monoisotopic (exact) mass is 429 g/mol. The van der Waals surface area contributed by atoms with Gasteiger partial charge in [-0.15, -0.1) is 0 Å². The lowest BCUT2D eigenvalue weighted by molar-refractivity contribution is 0.0947. The number of hydrogen-bond donors (Lipinski definition) is 1. The van der Waals surface area contributed by atoms with Crippen molar-refractivity contribution in [3.8, 4) is 12.0 Å². The summed E-state index contributed by atoms with van der Waals surface area (Å²) in [6.07, 6.45) is 11.2. The molecular formula is C21H27N5O5. The topological polar surface area (TPSA) is 124 Å². The first-order valence-corrected chi connectivity index (χ1v) is 10.1. The van der Waals surface area contributed by atoms with E-state index in [1.54, 1.807) is 11.7 Å². The lowest BCUT2D eigenvalue weighted by Gasteiger charge is -2.11. The van der Waals surface area contributed by atoms with E-state index in [0.29, 0.717) is 43.8 Å². The minimum atomic E-state index is -0.837. The van der Waals surface area contributed by atoms with Crippen LogP contribution < -0.4 is 15.2 Å². The second-order valence-electron chi connectivity index (χ2n) is 6.78. The maximum absolute atomic E-state index is 12.1. The third kappa shape index (κ3) is 6.05. The Labute approximate surface area is 180 Å². The van der Waals surface area contributed by atoms with E-state index in [0.717, 1.165) is 12.0 Å². The van der Waals surface area contributed by atoms with Crippen LogP contribution in [0.5, 0.6) is 12.0 Å². The number of aromatic nitrogens is 4. The number of carbonyl (C=O) groups is 1. The van der Waals surface area contributed by atoms with Crippen LogP contribution in [0.2, 0.25) is 0 Å². The quantitative estimate of drug-likeness (QED) is 0.448. The Balaban J connectivity index is 1.94. The summed E-state index contributed by atoms with van der Waals surface area (Å²) >= 11 is 0. The lowest BCUT2D eigenvalue weighted by atomic mass is 10.2. The van der Waals surface area contributed by atoms with Crippen LogP contribution in [0.15, 0.2) is 36.0 Å². The van der Waals surface area contributed by atoms with Crippen LogP contribution in [0, 0.1) is 0 Å². The molecule has 0 atom stereocenters. The van der Waals surface area contributed by atoms with E-state index >= 15 is 0 Å². The molecule has 0 saturated heterocycles. The molecule has 0 radical (unpaired) electrons. The fourth-order valence-electron chi connectivity index (χ4n) is 2.86. The fourth-order valence-corrected chi connectivity index (χ4v) is 2.86. The van der Waals surface area contributed by atoms with Crippen LogP contribution in [0.4, 0.5) is 10.6 Å². The van der Waals surface area contributed by atoms with E-state index in [9.17, 15) is 4.79 Å². The third-order valence-corrected chi connectivity index (χ3v) is 4.32. The van der Waals surface area contributed by atoms with Gasteiger partial charge in [-0.25, -0.2) is 4.79 Å². The van der Waals surface area contributed by atoms with Crippen molar-refractivity contribution in [2.45, 2.75) is 32.7 Å². The van der Waals surface area contributed by atoms with Gasteiger partial charge >= 0.3 is 18.2 Å². The molecule has 2 aromatic rings. The highest BCUT2D eigenvalue weighted by Gasteiger charge is 2.21. The maximum Gasteiger partial charge on any atom is 0.516 e. The van der Waals surface area contributed by atoms with Gasteiger partial charge in [-0.2, -0.15) is 15.0 Å². The number of ether oxygens (including phenoxy) is 4. The zero-order valence-electron chi connectivity index (χ0n) is 17.7. The van der Waals surface area contributed by atoms with Crippen molar-refractivity contribution in [2.75, 3.05) is 32.7 Å². The molecule has 2 aromatic heterocycles. The number of fused-ring (bicyclic) bond motifs is 1. The number of allylic oxidation sites excluding steroid dienone is 6. The Morgan fingerprint density at radius 1 is 1.16 bits per heavy atom. The largest absolute Gasteiger partial charge is 0.516 e. The number of imidazole rings is 1. The van der Waals surface area contributed by atoms with Crippen molar-refractivity contribution >= 4 is 23.1 Å². The zero-order valence-corrected chi connectivity index (χ0v) is 17.7. The molecular weight excluding hydrogens is 402 g/mol. The van der Waals surface area contributed by atoms with Gasteiger partial charge in [0.2, 0.25) is 0 Å². The minimum Gasteiger partial charge on any atom is -0.463 e. The van der Waals surface area contributed by atoms with E-state index < -0.39 is 6.16 Å². The Bertz CT molecular complexity index is 996. The molecule has 1 aliphatic carbocycles. The Hall–Kier alpha value is -3.40. The average molecular weight is 429 g/mol. The summed E-state index contributed by atoms with van der Waals surface area (Å²) in [7, 11) is 1.62. The summed E-state index contributed by atoms with van der Waals surface area (Å²) in [5.74, 6) is 0.131. The Kier molecular flexibility index (Phi) is 7.99. The van der Waals surface area contributed by atoms with E-state index in [1.807, 2.05) is 37.3 Å². The number of nitrogens with two attached hydrogens (primary N) is 1. The number of rotatable bonds is 10. The number of anilines is 1. The average Bonchev–Trinajstić information content (AvgIpc) is 2.92. The molecule has 2 heterocycles. The van der Waals surface area contributed by atoms with Crippen molar-refractivity contribution in [1.82, 2.24) is 19.5 Å². The molecule has 166 valence electrons. The molecule has 0 amide bonds. The normalized spacial score (nSPS) is 13.2. The number of nitrogen functional groups attached to an aromatic ring is 1. The summed E-state index contributed by atoms with van der Waals surface area (Å²) in [5.41, 5.74) is 7.89. The highest BCUT2D eigenvalue weighted by atomic mass is 16.7. The van der Waals surface area contributed by atoms with Crippen LogP contribution in [-0.4, -0.2) is 52.6 Å². The summed E-state index contributed by atoms with van der Waals surface area (Å²) in [5, 5.41) is 0. The molecule has 0 saturated carbocycles. The van der Waals surface area contributed by atoms with Crippen LogP contribution in [0.3, 0.4) is 0 Å². The van der Waals surface area contributed by atoms with Gasteiger partial charge in [0.25, 0.3) is 0 Å². The summed E-state index contributed by atoms with van der Waals surface area (Å²) in [6, 6.07) is 0.156. The Morgan fingerprint density at radius 3 is 2.84 bits per heavy atom. The first kappa shape index (κ1) is 22.3. The predicted octanol–water partition coefficient (Wildman–Crippen LogP) is 3.19. The molecule has 31 heavy (non-hydrogen) atoms. The van der Waals surface area contributed by atoms with Gasteiger partial charge in [0.1, 0.15) is 0 Å². The molecule has 10 heteroatoms. The predicted molar refractivity (Wildman–Crippen MR) is 115 cm³/mol. The molecule has 0 spiro atoms. The maximum atomic E-state index is 12.1. The molecule has 1 aliphatic rings. The fraction of sp³-hybridized carbons (Fsp3) is 0.429. The third-order valence-electron chi connectivity index (χ3n) is 4.32. The summed E-state index contributed by atoms with van der Waals surface area (Å²) in [6.45, 7) is 3.47. The first-order valence-electron chi connectivity index (χ1n) is 10.1. The number of carbonyl (C=O) groups excluding carboxylic acids is 1. The number of methoxy groups -OCH3 is 1. The smallest absolute Gasteiger partial charge is 0.463 e. The Morgan fingerprint density at radius 2 is 2.03 bits per heavy atom. The minimum absolute atomic E-state index is 0.0340. The van der Waals surface area contributed by atoms with Crippen molar-refractivity contribution in [2.24, 2.45) is 0 Å². The highest BCUT2D eigenvalue weighted by molar-refractivity contribution is 5.83. The van der Waals surface area contributed by atoms with E-state index in [-0.39, 0.29) is 24.4 Å². The van der Waals surface area contributed by atoms with Gasteiger partial charge in [0, 0.05) is 20.1 Å². The van der Waals surface area contributed by atoms with Crippen molar-refractivity contribution in [1.29, 1.82) is 0 Å². The molecule has 3 rings (SSSR count). The first-order chi connectivity index (χ1) is 15.1. The van der Waals surface area contributed by atoms with Gasteiger partial charge in [-0.1, -0.05) is 37.3 Å². The molecule has 0 unspecified atom stereocenters. The highest BCUT2D eigenvalue weighted by Crippen LogP contribution is 2.27.